The quantitative estimate of drug-likeness (QED) is 0.679. The van der Waals surface area contributed by atoms with Gasteiger partial charge in [-0.05, 0) is 38.8 Å². The zero-order chi connectivity index (χ0) is 14.3. The first-order valence-electron chi connectivity index (χ1n) is 6.69. The van der Waals surface area contributed by atoms with Crippen LogP contribution in [0.2, 0.25) is 0 Å². The highest BCUT2D eigenvalue weighted by atomic mass is 32.2. The third-order valence-electron chi connectivity index (χ3n) is 3.38. The van der Waals surface area contributed by atoms with E-state index in [1.807, 2.05) is 7.05 Å². The van der Waals surface area contributed by atoms with Crippen molar-refractivity contribution in [3.8, 4) is 0 Å². The molecule has 19 heavy (non-hydrogen) atoms. The van der Waals surface area contributed by atoms with Gasteiger partial charge in [0.05, 0.1) is 12.9 Å². The first-order valence-corrected chi connectivity index (χ1v) is 8.29. The number of esters is 1. The first-order chi connectivity index (χ1) is 8.99. The van der Waals surface area contributed by atoms with Crippen LogP contribution in [0.25, 0.3) is 0 Å². The van der Waals surface area contributed by atoms with Crippen molar-refractivity contribution in [1.29, 1.82) is 0 Å². The number of carbonyl (C=O) groups excluding carboxylic acids is 1. The van der Waals surface area contributed by atoms with Gasteiger partial charge in [0.1, 0.15) is 0 Å². The topological polar surface area (TPSA) is 75.7 Å². The van der Waals surface area contributed by atoms with Crippen molar-refractivity contribution in [3.05, 3.63) is 0 Å². The van der Waals surface area contributed by atoms with Crippen molar-refractivity contribution in [2.24, 2.45) is 5.92 Å². The van der Waals surface area contributed by atoms with E-state index in [4.69, 9.17) is 0 Å². The molecule has 1 N–H and O–H groups in total. The number of carbonyl (C=O) groups is 1. The summed E-state index contributed by atoms with van der Waals surface area (Å²) in [7, 11) is -0.0526. The first kappa shape index (κ1) is 16.4. The third-order valence-corrected chi connectivity index (χ3v) is 5.30. The average Bonchev–Trinajstić information content (AvgIpc) is 2.39. The van der Waals surface area contributed by atoms with Crippen LogP contribution in [0.1, 0.15) is 25.7 Å². The molecule has 0 aromatic rings. The summed E-state index contributed by atoms with van der Waals surface area (Å²) < 4.78 is 30.4. The van der Waals surface area contributed by atoms with E-state index in [0.717, 1.165) is 19.4 Å². The Labute approximate surface area is 115 Å². The van der Waals surface area contributed by atoms with Crippen LogP contribution in [0.5, 0.6) is 0 Å². The number of ether oxygens (including phenoxy) is 1. The second-order valence-electron chi connectivity index (χ2n) is 4.92. The fourth-order valence-electron chi connectivity index (χ4n) is 2.36. The predicted molar refractivity (Wildman–Crippen MR) is 73.3 cm³/mol. The van der Waals surface area contributed by atoms with Crippen LogP contribution in [0.15, 0.2) is 0 Å². The Morgan fingerprint density at radius 3 is 2.84 bits per heavy atom. The molecule has 1 unspecified atom stereocenters. The number of sulfonamides is 1. The van der Waals surface area contributed by atoms with Gasteiger partial charge in [-0.15, -0.1) is 0 Å². The van der Waals surface area contributed by atoms with E-state index in [1.165, 1.54) is 7.11 Å². The van der Waals surface area contributed by atoms with E-state index in [1.54, 1.807) is 4.31 Å². The zero-order valence-corrected chi connectivity index (χ0v) is 12.5. The second kappa shape index (κ2) is 7.81. The summed E-state index contributed by atoms with van der Waals surface area (Å²) in [6.07, 6.45) is 2.45. The molecule has 7 heteroatoms. The van der Waals surface area contributed by atoms with E-state index in [-0.39, 0.29) is 18.1 Å². The van der Waals surface area contributed by atoms with Gasteiger partial charge in [-0.3, -0.25) is 4.79 Å². The van der Waals surface area contributed by atoms with Gasteiger partial charge in [-0.2, -0.15) is 0 Å². The smallest absolute Gasteiger partial charge is 0.305 e. The molecule has 0 radical (unpaired) electrons. The molecule has 0 saturated carbocycles. The number of rotatable bonds is 7. The van der Waals surface area contributed by atoms with Crippen LogP contribution in [0.4, 0.5) is 0 Å². The SMILES string of the molecule is CNCC1CCCN(S(=O)(=O)CCCC(=O)OC)C1. The summed E-state index contributed by atoms with van der Waals surface area (Å²) in [6.45, 7) is 2.02. The van der Waals surface area contributed by atoms with Gasteiger partial charge in [0, 0.05) is 19.5 Å². The number of hydrogen-bond acceptors (Lipinski definition) is 5. The van der Waals surface area contributed by atoms with Crippen LogP contribution in [-0.2, 0) is 19.6 Å². The molecule has 6 nitrogen and oxygen atoms in total. The maximum absolute atomic E-state index is 12.2. The molecular weight excluding hydrogens is 268 g/mol. The Balaban J connectivity index is 2.45. The van der Waals surface area contributed by atoms with E-state index in [0.29, 0.717) is 25.4 Å². The van der Waals surface area contributed by atoms with Crippen molar-refractivity contribution >= 4 is 16.0 Å². The summed E-state index contributed by atoms with van der Waals surface area (Å²) in [5.74, 6) is 0.0463. The Morgan fingerprint density at radius 1 is 1.47 bits per heavy atom. The van der Waals surface area contributed by atoms with Crippen molar-refractivity contribution in [3.63, 3.8) is 0 Å². The lowest BCUT2D eigenvalue weighted by molar-refractivity contribution is -0.140. The molecule has 0 aliphatic carbocycles. The molecule has 1 saturated heterocycles. The Bertz CT molecular complexity index is 381. The minimum atomic E-state index is -3.24. The number of hydrogen-bond donors (Lipinski definition) is 1. The van der Waals surface area contributed by atoms with Crippen LogP contribution >= 0.6 is 0 Å². The number of piperidine rings is 1. The van der Waals surface area contributed by atoms with Crippen molar-refractivity contribution in [2.45, 2.75) is 25.7 Å². The largest absolute Gasteiger partial charge is 0.469 e. The fourth-order valence-corrected chi connectivity index (χ4v) is 3.98. The highest BCUT2D eigenvalue weighted by molar-refractivity contribution is 7.89. The lowest BCUT2D eigenvalue weighted by atomic mass is 10.00. The van der Waals surface area contributed by atoms with E-state index >= 15 is 0 Å². The summed E-state index contributed by atoms with van der Waals surface area (Å²) in [5.41, 5.74) is 0. The van der Waals surface area contributed by atoms with Crippen LogP contribution in [0.3, 0.4) is 0 Å². The highest BCUT2D eigenvalue weighted by Gasteiger charge is 2.28. The molecule has 0 aromatic heterocycles. The Morgan fingerprint density at radius 2 is 2.21 bits per heavy atom. The van der Waals surface area contributed by atoms with Crippen molar-refractivity contribution in [1.82, 2.24) is 9.62 Å². The zero-order valence-electron chi connectivity index (χ0n) is 11.7. The van der Waals surface area contributed by atoms with Gasteiger partial charge in [0.15, 0.2) is 0 Å². The van der Waals surface area contributed by atoms with E-state index in [9.17, 15) is 13.2 Å². The van der Waals surface area contributed by atoms with Gasteiger partial charge in [0.25, 0.3) is 0 Å². The average molecular weight is 292 g/mol. The molecule has 1 aliphatic rings. The normalized spacial score (nSPS) is 21.3. The van der Waals surface area contributed by atoms with Crippen LogP contribution < -0.4 is 5.32 Å². The van der Waals surface area contributed by atoms with Gasteiger partial charge >= 0.3 is 5.97 Å². The van der Waals surface area contributed by atoms with Crippen molar-refractivity contribution < 1.29 is 17.9 Å². The summed E-state index contributed by atoms with van der Waals surface area (Å²) >= 11 is 0. The molecule has 1 rings (SSSR count). The fraction of sp³-hybridized carbons (Fsp3) is 0.917. The minimum absolute atomic E-state index is 0.0222. The van der Waals surface area contributed by atoms with Gasteiger partial charge < -0.3 is 10.1 Å². The third kappa shape index (κ3) is 5.46. The molecule has 1 aliphatic heterocycles. The van der Waals surface area contributed by atoms with E-state index < -0.39 is 10.0 Å². The number of nitrogens with zero attached hydrogens (tertiary/aromatic N) is 1. The highest BCUT2D eigenvalue weighted by Crippen LogP contribution is 2.19. The summed E-state index contributed by atoms with van der Waals surface area (Å²) in [4.78, 5) is 11.0. The lowest BCUT2D eigenvalue weighted by Crippen LogP contribution is -2.43. The maximum atomic E-state index is 12.2. The van der Waals surface area contributed by atoms with Crippen LogP contribution in [-0.4, -0.2) is 58.2 Å². The monoisotopic (exact) mass is 292 g/mol. The van der Waals surface area contributed by atoms with E-state index in [2.05, 4.69) is 10.1 Å². The number of methoxy groups -OCH3 is 1. The Hall–Kier alpha value is -0.660. The second-order valence-corrected chi connectivity index (χ2v) is 7.01. The van der Waals surface area contributed by atoms with Gasteiger partial charge in [-0.1, -0.05) is 0 Å². The van der Waals surface area contributed by atoms with Crippen LogP contribution in [0, 0.1) is 5.92 Å². The summed E-state index contributed by atoms with van der Waals surface area (Å²) in [5, 5.41) is 3.09. The molecule has 0 amide bonds. The molecule has 1 fully saturated rings. The molecule has 0 spiro atoms. The molecule has 1 heterocycles. The molecular formula is C12H24N2O4S. The predicted octanol–water partition coefficient (Wildman–Crippen LogP) is 0.201. The molecule has 0 bridgehead atoms. The Kier molecular flexibility index (Phi) is 6.74. The summed E-state index contributed by atoms with van der Waals surface area (Å²) in [6, 6.07) is 0. The lowest BCUT2D eigenvalue weighted by Gasteiger charge is -2.31. The maximum Gasteiger partial charge on any atom is 0.305 e. The van der Waals surface area contributed by atoms with Gasteiger partial charge in [-0.25, -0.2) is 12.7 Å². The van der Waals surface area contributed by atoms with Crippen molar-refractivity contribution in [2.75, 3.05) is 39.5 Å². The van der Waals surface area contributed by atoms with Gasteiger partial charge in [0.2, 0.25) is 10.0 Å². The molecule has 1 atom stereocenters. The molecule has 0 aromatic carbocycles. The standard InChI is InChI=1S/C12H24N2O4S/c1-13-9-11-5-3-7-14(10-11)19(16,17)8-4-6-12(15)18-2/h11,13H,3-10H2,1-2H3. The minimum Gasteiger partial charge on any atom is -0.469 e. The number of nitrogens with one attached hydrogen (secondary N) is 1. The molecule has 112 valence electrons.